The molecule has 0 radical (unpaired) electrons. The fraction of sp³-hybridized carbons (Fsp3) is 0.480. The number of rotatable bonds is 2. The molecular formula is C25H34N2S. The molecule has 28 heavy (non-hydrogen) atoms. The van der Waals surface area contributed by atoms with Gasteiger partial charge in [-0.15, -0.1) is 11.3 Å². The van der Waals surface area contributed by atoms with Crippen LogP contribution in [0, 0.1) is 25.7 Å². The van der Waals surface area contributed by atoms with Crippen molar-refractivity contribution in [3.63, 3.8) is 0 Å². The monoisotopic (exact) mass is 394 g/mol. The first-order valence-electron chi connectivity index (χ1n) is 10.8. The van der Waals surface area contributed by atoms with Crippen LogP contribution in [-0.4, -0.2) is 29.5 Å². The van der Waals surface area contributed by atoms with Gasteiger partial charge in [-0.3, -0.25) is 0 Å². The summed E-state index contributed by atoms with van der Waals surface area (Å²) in [4.78, 5) is 7.08. The topological polar surface area (TPSA) is 16.1 Å². The summed E-state index contributed by atoms with van der Waals surface area (Å²) < 4.78 is 1.29. The summed E-state index contributed by atoms with van der Waals surface area (Å²) in [5, 5.41) is 1.15. The average Bonchev–Trinajstić information content (AvgIpc) is 3.14. The van der Waals surface area contributed by atoms with E-state index in [1.807, 2.05) is 20.8 Å². The average molecular weight is 395 g/mol. The predicted molar refractivity (Wildman–Crippen MR) is 123 cm³/mol. The minimum Gasteiger partial charge on any atom is -0.303 e. The van der Waals surface area contributed by atoms with Gasteiger partial charge in [0.05, 0.1) is 15.2 Å². The van der Waals surface area contributed by atoms with Crippen LogP contribution < -0.4 is 0 Å². The SMILES string of the molecule is CC.Cc1nc2c(C)cccc2s1.c1ccc(C[C@H]2CN3CCC2CC3)cc1. The van der Waals surface area contributed by atoms with Crippen LogP contribution in [0.4, 0.5) is 0 Å². The largest absolute Gasteiger partial charge is 0.303 e. The van der Waals surface area contributed by atoms with E-state index >= 15 is 0 Å². The standard InChI is InChI=1S/C14H19N.C9H9NS.C2H6/c1-2-4-12(5-3-1)10-14-11-15-8-6-13(14)7-9-15;1-6-4-3-5-8-9(6)10-7(2)11-8;1-2/h1-5,13-14H,6-11H2;3-5H,1-2H3;1-2H3/t14-;;/m0../s1. The lowest BCUT2D eigenvalue weighted by Crippen LogP contribution is -2.48. The van der Waals surface area contributed by atoms with E-state index in [0.717, 1.165) is 22.4 Å². The Hall–Kier alpha value is -1.71. The third kappa shape index (κ3) is 5.21. The highest BCUT2D eigenvalue weighted by molar-refractivity contribution is 7.18. The van der Waals surface area contributed by atoms with Crippen molar-refractivity contribution in [2.75, 3.05) is 19.6 Å². The summed E-state index contributed by atoms with van der Waals surface area (Å²) >= 11 is 1.76. The first-order chi connectivity index (χ1) is 13.7. The number of benzene rings is 2. The van der Waals surface area contributed by atoms with Gasteiger partial charge in [-0.2, -0.15) is 0 Å². The second-order valence-electron chi connectivity index (χ2n) is 7.74. The number of hydrogen-bond donors (Lipinski definition) is 0. The molecule has 1 atom stereocenters. The van der Waals surface area contributed by atoms with Crippen LogP contribution in [0.25, 0.3) is 10.2 Å². The van der Waals surface area contributed by atoms with Crippen molar-refractivity contribution < 1.29 is 0 Å². The summed E-state index contributed by atoms with van der Waals surface area (Å²) in [6, 6.07) is 17.3. The van der Waals surface area contributed by atoms with Gasteiger partial charge in [-0.05, 0) is 75.2 Å². The van der Waals surface area contributed by atoms with E-state index in [1.54, 1.807) is 11.3 Å². The Bertz CT molecular complexity index is 847. The molecular weight excluding hydrogens is 360 g/mol. The van der Waals surface area contributed by atoms with Gasteiger partial charge < -0.3 is 4.90 Å². The minimum absolute atomic E-state index is 0.926. The van der Waals surface area contributed by atoms with Crippen LogP contribution in [0.15, 0.2) is 48.5 Å². The van der Waals surface area contributed by atoms with Crippen LogP contribution in [-0.2, 0) is 6.42 Å². The number of para-hydroxylation sites is 1. The summed E-state index contributed by atoms with van der Waals surface area (Å²) in [5.41, 5.74) is 3.96. The molecule has 6 rings (SSSR count). The molecule has 0 unspecified atom stereocenters. The van der Waals surface area contributed by atoms with Crippen LogP contribution in [0.1, 0.15) is 42.8 Å². The summed E-state index contributed by atoms with van der Waals surface area (Å²) in [7, 11) is 0. The molecule has 4 heterocycles. The van der Waals surface area contributed by atoms with Gasteiger partial charge in [0.15, 0.2) is 0 Å². The smallest absolute Gasteiger partial charge is 0.0907 e. The van der Waals surface area contributed by atoms with Gasteiger partial charge in [0, 0.05) is 6.54 Å². The van der Waals surface area contributed by atoms with Gasteiger partial charge in [0.25, 0.3) is 0 Å². The van der Waals surface area contributed by atoms with E-state index in [9.17, 15) is 0 Å². The van der Waals surface area contributed by atoms with Crippen LogP contribution in [0.3, 0.4) is 0 Å². The number of fused-ring (bicyclic) bond motifs is 4. The van der Waals surface area contributed by atoms with Crippen molar-refractivity contribution >= 4 is 21.6 Å². The summed E-state index contributed by atoms with van der Waals surface area (Å²) in [6.45, 7) is 12.2. The molecule has 3 aliphatic rings. The predicted octanol–water partition coefficient (Wildman–Crippen LogP) is 6.51. The van der Waals surface area contributed by atoms with E-state index in [2.05, 4.69) is 65.3 Å². The molecule has 0 aliphatic carbocycles. The van der Waals surface area contributed by atoms with Gasteiger partial charge in [0.1, 0.15) is 0 Å². The maximum absolute atomic E-state index is 4.43. The third-order valence-electron chi connectivity index (χ3n) is 5.86. The zero-order chi connectivity index (χ0) is 19.9. The Morgan fingerprint density at radius 1 is 0.964 bits per heavy atom. The van der Waals surface area contributed by atoms with Crippen molar-refractivity contribution in [3.8, 4) is 0 Å². The molecule has 0 spiro atoms. The number of piperidine rings is 3. The second kappa shape index (κ2) is 10.2. The molecule has 3 aromatic rings. The molecule has 0 amide bonds. The number of thiazole rings is 1. The number of hydrogen-bond acceptors (Lipinski definition) is 3. The fourth-order valence-electron chi connectivity index (χ4n) is 4.43. The van der Waals surface area contributed by atoms with E-state index in [-0.39, 0.29) is 0 Å². The highest BCUT2D eigenvalue weighted by atomic mass is 32.1. The molecule has 0 saturated carbocycles. The molecule has 3 fully saturated rings. The molecule has 3 aliphatic heterocycles. The lowest BCUT2D eigenvalue weighted by molar-refractivity contribution is 0.0512. The maximum Gasteiger partial charge on any atom is 0.0907 e. The Balaban J connectivity index is 0.000000154. The Morgan fingerprint density at radius 2 is 1.68 bits per heavy atom. The van der Waals surface area contributed by atoms with Crippen LogP contribution >= 0.6 is 11.3 Å². The first-order valence-corrected chi connectivity index (χ1v) is 11.6. The van der Waals surface area contributed by atoms with Crippen molar-refractivity contribution in [1.82, 2.24) is 9.88 Å². The van der Waals surface area contributed by atoms with Crippen LogP contribution in [0.2, 0.25) is 0 Å². The van der Waals surface area contributed by atoms with Gasteiger partial charge in [-0.25, -0.2) is 4.98 Å². The van der Waals surface area contributed by atoms with E-state index < -0.39 is 0 Å². The molecule has 2 aromatic carbocycles. The Kier molecular flexibility index (Phi) is 7.64. The minimum atomic E-state index is 0.926. The molecule has 3 saturated heterocycles. The van der Waals surface area contributed by atoms with E-state index in [0.29, 0.717) is 0 Å². The quantitative estimate of drug-likeness (QED) is 0.492. The van der Waals surface area contributed by atoms with Crippen molar-refractivity contribution in [1.29, 1.82) is 0 Å². The molecule has 2 nitrogen and oxygen atoms in total. The van der Waals surface area contributed by atoms with Crippen LogP contribution in [0.5, 0.6) is 0 Å². The van der Waals surface area contributed by atoms with Gasteiger partial charge in [0.2, 0.25) is 0 Å². The Labute approximate surface area is 174 Å². The zero-order valence-corrected chi connectivity index (χ0v) is 18.6. The highest BCUT2D eigenvalue weighted by Crippen LogP contribution is 2.34. The number of nitrogens with zero attached hydrogens (tertiary/aromatic N) is 2. The third-order valence-corrected chi connectivity index (χ3v) is 6.80. The number of aromatic nitrogens is 1. The molecule has 3 heteroatoms. The van der Waals surface area contributed by atoms with Crippen molar-refractivity contribution in [2.24, 2.45) is 11.8 Å². The number of aryl methyl sites for hydroxylation is 2. The molecule has 0 N–H and O–H groups in total. The molecule has 1 aromatic heterocycles. The first kappa shape index (κ1) is 21.0. The second-order valence-corrected chi connectivity index (χ2v) is 8.98. The van der Waals surface area contributed by atoms with E-state index in [4.69, 9.17) is 0 Å². The molecule has 150 valence electrons. The normalized spacial score (nSPS) is 22.8. The van der Waals surface area contributed by atoms with Gasteiger partial charge >= 0.3 is 0 Å². The molecule has 2 bridgehead atoms. The highest BCUT2D eigenvalue weighted by Gasteiger charge is 2.33. The van der Waals surface area contributed by atoms with Crippen molar-refractivity contribution in [2.45, 2.75) is 47.0 Å². The summed E-state index contributed by atoms with van der Waals surface area (Å²) in [5.74, 6) is 1.94. The fourth-order valence-corrected chi connectivity index (χ4v) is 5.34. The maximum atomic E-state index is 4.43. The lowest BCUT2D eigenvalue weighted by Gasteiger charge is -2.45. The van der Waals surface area contributed by atoms with Crippen molar-refractivity contribution in [3.05, 3.63) is 64.7 Å². The zero-order valence-electron chi connectivity index (χ0n) is 17.8. The Morgan fingerprint density at radius 3 is 2.29 bits per heavy atom. The van der Waals surface area contributed by atoms with E-state index in [1.165, 1.54) is 54.7 Å². The lowest BCUT2D eigenvalue weighted by atomic mass is 9.76. The van der Waals surface area contributed by atoms with Gasteiger partial charge in [-0.1, -0.05) is 56.3 Å². The summed E-state index contributed by atoms with van der Waals surface area (Å²) in [6.07, 6.45) is 4.18.